The standard InChI is InChI=1S/C13H14N6O2S/c1-7-4-14-10-9(5-15-19(10)6-7)11(20)16-13-18-17-12(22-13)8(2)21-3/h4-6,8H,1-3H3,(H,16,18,20). The monoisotopic (exact) mass is 318 g/mol. The van der Waals surface area contributed by atoms with E-state index in [4.69, 9.17) is 4.74 Å². The van der Waals surface area contributed by atoms with E-state index in [-0.39, 0.29) is 12.0 Å². The fourth-order valence-electron chi connectivity index (χ4n) is 1.84. The van der Waals surface area contributed by atoms with Crippen molar-refractivity contribution in [3.63, 3.8) is 0 Å². The lowest BCUT2D eigenvalue weighted by atomic mass is 10.3. The molecule has 0 fully saturated rings. The lowest BCUT2D eigenvalue weighted by Gasteiger charge is -2.02. The molecule has 0 aliphatic carbocycles. The molecule has 3 heterocycles. The van der Waals surface area contributed by atoms with Crippen molar-refractivity contribution < 1.29 is 9.53 Å². The fraction of sp³-hybridized carbons (Fsp3) is 0.308. The maximum absolute atomic E-state index is 12.3. The molecule has 1 atom stereocenters. The molecular weight excluding hydrogens is 304 g/mol. The van der Waals surface area contributed by atoms with Gasteiger partial charge < -0.3 is 4.74 Å². The number of ether oxygens (including phenoxy) is 1. The van der Waals surface area contributed by atoms with E-state index in [1.807, 2.05) is 20.0 Å². The Bertz CT molecular complexity index is 827. The van der Waals surface area contributed by atoms with Crippen molar-refractivity contribution in [3.05, 3.63) is 34.7 Å². The van der Waals surface area contributed by atoms with Gasteiger partial charge in [0.15, 0.2) is 5.65 Å². The molecule has 0 aromatic carbocycles. The lowest BCUT2D eigenvalue weighted by Crippen LogP contribution is -2.11. The van der Waals surface area contributed by atoms with E-state index >= 15 is 0 Å². The van der Waals surface area contributed by atoms with E-state index in [0.29, 0.717) is 21.3 Å². The Morgan fingerprint density at radius 1 is 1.41 bits per heavy atom. The molecule has 0 saturated heterocycles. The minimum absolute atomic E-state index is 0.162. The van der Waals surface area contributed by atoms with E-state index in [0.717, 1.165) is 5.56 Å². The van der Waals surface area contributed by atoms with Crippen molar-refractivity contribution in [2.24, 2.45) is 0 Å². The molecule has 3 aromatic heterocycles. The van der Waals surface area contributed by atoms with Crippen LogP contribution in [-0.4, -0.2) is 37.8 Å². The van der Waals surface area contributed by atoms with Crippen LogP contribution in [0.5, 0.6) is 0 Å². The van der Waals surface area contributed by atoms with E-state index in [1.165, 1.54) is 17.5 Å². The van der Waals surface area contributed by atoms with Crippen LogP contribution in [0.1, 0.15) is 34.0 Å². The van der Waals surface area contributed by atoms with Gasteiger partial charge in [-0.15, -0.1) is 10.2 Å². The highest BCUT2D eigenvalue weighted by Gasteiger charge is 2.17. The van der Waals surface area contributed by atoms with Gasteiger partial charge in [0.25, 0.3) is 5.91 Å². The lowest BCUT2D eigenvalue weighted by molar-refractivity contribution is 0.102. The van der Waals surface area contributed by atoms with Crippen LogP contribution in [0.15, 0.2) is 18.6 Å². The second-order valence-electron chi connectivity index (χ2n) is 4.74. The van der Waals surface area contributed by atoms with Crippen LogP contribution in [0.2, 0.25) is 0 Å². The summed E-state index contributed by atoms with van der Waals surface area (Å²) < 4.78 is 6.74. The van der Waals surface area contributed by atoms with Gasteiger partial charge in [-0.05, 0) is 19.4 Å². The van der Waals surface area contributed by atoms with Crippen molar-refractivity contribution in [1.82, 2.24) is 24.8 Å². The summed E-state index contributed by atoms with van der Waals surface area (Å²) >= 11 is 1.27. The summed E-state index contributed by atoms with van der Waals surface area (Å²) in [6.45, 7) is 3.78. The average molecular weight is 318 g/mol. The first-order chi connectivity index (χ1) is 10.6. The highest BCUT2D eigenvalue weighted by atomic mass is 32.1. The van der Waals surface area contributed by atoms with Gasteiger partial charge in [0.05, 0.1) is 6.20 Å². The van der Waals surface area contributed by atoms with Crippen molar-refractivity contribution in [1.29, 1.82) is 0 Å². The van der Waals surface area contributed by atoms with Crippen LogP contribution in [-0.2, 0) is 4.74 Å². The minimum Gasteiger partial charge on any atom is -0.374 e. The number of amides is 1. The highest BCUT2D eigenvalue weighted by molar-refractivity contribution is 7.15. The number of nitrogens with zero attached hydrogens (tertiary/aromatic N) is 5. The third-order valence-electron chi connectivity index (χ3n) is 3.09. The molecule has 0 radical (unpaired) electrons. The second-order valence-corrected chi connectivity index (χ2v) is 5.74. The van der Waals surface area contributed by atoms with Crippen molar-refractivity contribution >= 4 is 28.0 Å². The number of aryl methyl sites for hydroxylation is 1. The first-order valence-corrected chi connectivity index (χ1v) is 7.37. The van der Waals surface area contributed by atoms with Crippen LogP contribution in [0.25, 0.3) is 5.65 Å². The number of carbonyl (C=O) groups excluding carboxylic acids is 1. The Hall–Kier alpha value is -2.39. The molecule has 0 spiro atoms. The molecule has 1 amide bonds. The van der Waals surface area contributed by atoms with E-state index in [1.54, 1.807) is 17.8 Å². The molecule has 0 aliphatic rings. The Kier molecular flexibility index (Phi) is 3.82. The summed E-state index contributed by atoms with van der Waals surface area (Å²) in [4.78, 5) is 16.6. The fourth-order valence-corrected chi connectivity index (χ4v) is 2.61. The molecule has 0 bridgehead atoms. The van der Waals surface area contributed by atoms with Gasteiger partial charge in [0.2, 0.25) is 5.13 Å². The predicted octanol–water partition coefficient (Wildman–Crippen LogP) is 1.85. The van der Waals surface area contributed by atoms with E-state index in [2.05, 4.69) is 25.6 Å². The topological polar surface area (TPSA) is 94.3 Å². The van der Waals surface area contributed by atoms with E-state index in [9.17, 15) is 4.79 Å². The largest absolute Gasteiger partial charge is 0.374 e. The number of carbonyl (C=O) groups is 1. The molecular formula is C13H14N6O2S. The SMILES string of the molecule is COC(C)c1nnc(NC(=O)c2cnn3cc(C)cnc23)s1. The van der Waals surface area contributed by atoms with Crippen molar-refractivity contribution in [3.8, 4) is 0 Å². The molecule has 114 valence electrons. The van der Waals surface area contributed by atoms with Crippen LogP contribution >= 0.6 is 11.3 Å². The first kappa shape index (κ1) is 14.5. The summed E-state index contributed by atoms with van der Waals surface area (Å²) in [6.07, 6.45) is 4.82. The average Bonchev–Trinajstić information content (AvgIpc) is 3.12. The second kappa shape index (κ2) is 5.78. The molecule has 3 rings (SSSR count). The van der Waals surface area contributed by atoms with E-state index < -0.39 is 0 Å². The van der Waals surface area contributed by atoms with Gasteiger partial charge in [-0.25, -0.2) is 9.50 Å². The number of nitrogens with one attached hydrogen (secondary N) is 1. The molecule has 8 nitrogen and oxygen atoms in total. The summed E-state index contributed by atoms with van der Waals surface area (Å²) in [5, 5.41) is 15.9. The molecule has 3 aromatic rings. The summed E-state index contributed by atoms with van der Waals surface area (Å²) in [5.74, 6) is -0.320. The molecule has 1 N–H and O–H groups in total. The van der Waals surface area contributed by atoms with Crippen molar-refractivity contribution in [2.45, 2.75) is 20.0 Å². The summed E-state index contributed by atoms with van der Waals surface area (Å²) in [7, 11) is 1.59. The van der Waals surface area contributed by atoms with Crippen LogP contribution in [0, 0.1) is 6.92 Å². The van der Waals surface area contributed by atoms with Crippen LogP contribution in [0.3, 0.4) is 0 Å². The summed E-state index contributed by atoms with van der Waals surface area (Å²) in [6, 6.07) is 0. The number of hydrogen-bond acceptors (Lipinski definition) is 7. The maximum atomic E-state index is 12.3. The number of rotatable bonds is 4. The zero-order chi connectivity index (χ0) is 15.7. The summed E-state index contributed by atoms with van der Waals surface area (Å²) in [5.41, 5.74) is 1.85. The number of fused-ring (bicyclic) bond motifs is 1. The predicted molar refractivity (Wildman–Crippen MR) is 81.0 cm³/mol. The number of hydrogen-bond donors (Lipinski definition) is 1. The van der Waals surface area contributed by atoms with Gasteiger partial charge in [-0.1, -0.05) is 11.3 Å². The van der Waals surface area contributed by atoms with Gasteiger partial charge in [0, 0.05) is 19.5 Å². The van der Waals surface area contributed by atoms with Gasteiger partial charge in [-0.2, -0.15) is 5.10 Å². The number of anilines is 1. The maximum Gasteiger partial charge on any atom is 0.262 e. The first-order valence-electron chi connectivity index (χ1n) is 6.56. The van der Waals surface area contributed by atoms with Crippen LogP contribution < -0.4 is 5.32 Å². The quantitative estimate of drug-likeness (QED) is 0.789. The Morgan fingerprint density at radius 2 is 2.23 bits per heavy atom. The minimum atomic E-state index is -0.320. The van der Waals surface area contributed by atoms with Crippen LogP contribution in [0.4, 0.5) is 5.13 Å². The highest BCUT2D eigenvalue weighted by Crippen LogP contribution is 2.24. The molecule has 0 saturated carbocycles. The van der Waals surface area contributed by atoms with Crippen molar-refractivity contribution in [2.75, 3.05) is 12.4 Å². The van der Waals surface area contributed by atoms with Gasteiger partial charge in [0.1, 0.15) is 16.7 Å². The third kappa shape index (κ3) is 2.68. The Balaban J connectivity index is 1.83. The normalized spacial score (nSPS) is 12.5. The molecule has 9 heteroatoms. The smallest absolute Gasteiger partial charge is 0.262 e. The molecule has 1 unspecified atom stereocenters. The zero-order valence-electron chi connectivity index (χ0n) is 12.3. The third-order valence-corrected chi connectivity index (χ3v) is 4.09. The van der Waals surface area contributed by atoms with Gasteiger partial charge >= 0.3 is 0 Å². The molecule has 22 heavy (non-hydrogen) atoms. The Morgan fingerprint density at radius 3 is 3.00 bits per heavy atom. The molecule has 0 aliphatic heterocycles. The number of aromatic nitrogens is 5. The van der Waals surface area contributed by atoms with Gasteiger partial charge in [-0.3, -0.25) is 10.1 Å². The Labute approximate surface area is 130 Å². The number of methoxy groups -OCH3 is 1. The zero-order valence-corrected chi connectivity index (χ0v) is 13.1.